The summed E-state index contributed by atoms with van der Waals surface area (Å²) < 4.78 is 0. The first-order valence-corrected chi connectivity index (χ1v) is 5.01. The Balaban J connectivity index is 2.03. The first-order valence-electron chi connectivity index (χ1n) is 5.01. The maximum absolute atomic E-state index is 11.6. The van der Waals surface area contributed by atoms with Crippen LogP contribution in [0.1, 0.15) is 29.8 Å². The van der Waals surface area contributed by atoms with Gasteiger partial charge in [0.2, 0.25) is 5.82 Å². The number of aryl methyl sites for hydroxylation is 1. The van der Waals surface area contributed by atoms with Crippen molar-refractivity contribution in [2.45, 2.75) is 19.8 Å². The average molecular weight is 220 g/mol. The molecule has 0 atom stereocenters. The van der Waals surface area contributed by atoms with Gasteiger partial charge in [-0.2, -0.15) is 5.10 Å². The van der Waals surface area contributed by atoms with Gasteiger partial charge in [0.15, 0.2) is 0 Å². The molecule has 7 heteroatoms. The second kappa shape index (κ2) is 4.56. The Labute approximate surface area is 91.7 Å². The maximum atomic E-state index is 11.6. The highest BCUT2D eigenvalue weighted by Gasteiger charge is 2.12. The molecule has 0 fully saturated rings. The van der Waals surface area contributed by atoms with E-state index in [0.717, 1.165) is 18.7 Å². The number of hydrogen-bond donors (Lipinski definition) is 3. The number of nitrogens with one attached hydrogen (secondary N) is 3. The van der Waals surface area contributed by atoms with Crippen LogP contribution in [-0.4, -0.2) is 31.3 Å². The topological polar surface area (TPSA) is 99.3 Å². The van der Waals surface area contributed by atoms with Gasteiger partial charge in [0.25, 0.3) is 5.91 Å². The lowest BCUT2D eigenvalue weighted by atomic mass is 10.3. The summed E-state index contributed by atoms with van der Waals surface area (Å²) in [5, 5.41) is 15.5. The lowest BCUT2D eigenvalue weighted by Crippen LogP contribution is -2.13. The molecule has 0 bridgehead atoms. The molecule has 2 aromatic heterocycles. The molecule has 2 heterocycles. The van der Waals surface area contributed by atoms with Gasteiger partial charge in [0.05, 0.1) is 11.9 Å². The van der Waals surface area contributed by atoms with Crippen LogP contribution >= 0.6 is 0 Å². The fourth-order valence-corrected chi connectivity index (χ4v) is 1.25. The van der Waals surface area contributed by atoms with Crippen molar-refractivity contribution in [2.75, 3.05) is 5.32 Å². The molecule has 0 saturated carbocycles. The van der Waals surface area contributed by atoms with Crippen molar-refractivity contribution in [3.63, 3.8) is 0 Å². The molecule has 0 aromatic carbocycles. The minimum absolute atomic E-state index is 0.143. The molecular formula is C9H12N6O. The molecule has 0 unspecified atom stereocenters. The number of nitrogens with zero attached hydrogens (tertiary/aromatic N) is 3. The number of aromatic amines is 2. The van der Waals surface area contributed by atoms with E-state index in [0.29, 0.717) is 5.69 Å². The van der Waals surface area contributed by atoms with Crippen LogP contribution in [0.25, 0.3) is 0 Å². The quantitative estimate of drug-likeness (QED) is 0.707. The van der Waals surface area contributed by atoms with Crippen molar-refractivity contribution in [1.82, 2.24) is 25.4 Å². The zero-order valence-electron chi connectivity index (χ0n) is 8.82. The molecule has 2 aromatic rings. The number of aromatic nitrogens is 5. The molecule has 84 valence electrons. The van der Waals surface area contributed by atoms with Crippen LogP contribution in [0.3, 0.4) is 0 Å². The van der Waals surface area contributed by atoms with E-state index in [2.05, 4.69) is 30.7 Å². The predicted octanol–water partition coefficient (Wildman–Crippen LogP) is 0.733. The number of rotatable bonds is 4. The van der Waals surface area contributed by atoms with Crippen molar-refractivity contribution in [2.24, 2.45) is 0 Å². The summed E-state index contributed by atoms with van der Waals surface area (Å²) >= 11 is 0. The van der Waals surface area contributed by atoms with E-state index < -0.39 is 0 Å². The van der Waals surface area contributed by atoms with E-state index in [1.165, 1.54) is 6.20 Å². The van der Waals surface area contributed by atoms with Gasteiger partial charge in [-0.15, -0.1) is 5.10 Å². The number of carbonyl (C=O) groups is 1. The summed E-state index contributed by atoms with van der Waals surface area (Å²) in [6.45, 7) is 2.04. The molecule has 7 nitrogen and oxygen atoms in total. The molecule has 0 spiro atoms. The molecule has 0 saturated heterocycles. The second-order valence-corrected chi connectivity index (χ2v) is 3.30. The van der Waals surface area contributed by atoms with Crippen LogP contribution in [0, 0.1) is 0 Å². The smallest absolute Gasteiger partial charge is 0.295 e. The van der Waals surface area contributed by atoms with Gasteiger partial charge in [-0.3, -0.25) is 15.0 Å². The fraction of sp³-hybridized carbons (Fsp3) is 0.333. The van der Waals surface area contributed by atoms with Gasteiger partial charge in [-0.1, -0.05) is 6.92 Å². The summed E-state index contributed by atoms with van der Waals surface area (Å²) in [6.07, 6.45) is 4.83. The van der Waals surface area contributed by atoms with Gasteiger partial charge in [0, 0.05) is 12.6 Å². The minimum Gasteiger partial charge on any atom is -0.316 e. The fourth-order valence-electron chi connectivity index (χ4n) is 1.25. The highest BCUT2D eigenvalue weighted by Crippen LogP contribution is 2.04. The van der Waals surface area contributed by atoms with Gasteiger partial charge in [-0.25, -0.2) is 4.98 Å². The lowest BCUT2D eigenvalue weighted by Gasteiger charge is -1.95. The highest BCUT2D eigenvalue weighted by atomic mass is 16.2. The Morgan fingerprint density at radius 2 is 2.44 bits per heavy atom. The summed E-state index contributed by atoms with van der Waals surface area (Å²) in [7, 11) is 0. The minimum atomic E-state index is -0.347. The lowest BCUT2D eigenvalue weighted by molar-refractivity contribution is 0.101. The third kappa shape index (κ3) is 2.25. The van der Waals surface area contributed by atoms with Crippen LogP contribution in [0.2, 0.25) is 0 Å². The number of amides is 1. The molecule has 0 aliphatic carbocycles. The molecule has 1 amide bonds. The number of hydrogen-bond acceptors (Lipinski definition) is 4. The van der Waals surface area contributed by atoms with Gasteiger partial charge >= 0.3 is 0 Å². The van der Waals surface area contributed by atoms with E-state index in [-0.39, 0.29) is 11.7 Å². The van der Waals surface area contributed by atoms with E-state index in [4.69, 9.17) is 0 Å². The number of anilines is 1. The second-order valence-electron chi connectivity index (χ2n) is 3.30. The Morgan fingerprint density at radius 3 is 3.12 bits per heavy atom. The first kappa shape index (κ1) is 10.3. The summed E-state index contributed by atoms with van der Waals surface area (Å²) in [4.78, 5) is 15.7. The van der Waals surface area contributed by atoms with E-state index >= 15 is 0 Å². The summed E-state index contributed by atoms with van der Waals surface area (Å²) in [5.41, 5.74) is 0.590. The van der Waals surface area contributed by atoms with Gasteiger partial charge in [-0.05, 0) is 6.42 Å². The highest BCUT2D eigenvalue weighted by molar-refractivity contribution is 6.01. The normalized spacial score (nSPS) is 10.3. The Kier molecular flexibility index (Phi) is 2.95. The maximum Gasteiger partial charge on any atom is 0.295 e. The number of H-pyrrole nitrogens is 2. The van der Waals surface area contributed by atoms with Crippen LogP contribution in [-0.2, 0) is 6.42 Å². The first-order chi connectivity index (χ1) is 7.79. The monoisotopic (exact) mass is 220 g/mol. The molecule has 0 aliphatic heterocycles. The van der Waals surface area contributed by atoms with Crippen LogP contribution in [0.15, 0.2) is 12.4 Å². The molecule has 0 radical (unpaired) electrons. The molecule has 16 heavy (non-hydrogen) atoms. The summed E-state index contributed by atoms with van der Waals surface area (Å²) in [6, 6.07) is 0. The van der Waals surface area contributed by atoms with Crippen LogP contribution < -0.4 is 5.32 Å². The molecule has 2 rings (SSSR count). The largest absolute Gasteiger partial charge is 0.316 e. The van der Waals surface area contributed by atoms with E-state index in [1.807, 2.05) is 6.92 Å². The van der Waals surface area contributed by atoms with Crippen molar-refractivity contribution in [3.05, 3.63) is 24.0 Å². The van der Waals surface area contributed by atoms with Crippen molar-refractivity contribution in [1.29, 1.82) is 0 Å². The number of carbonyl (C=O) groups excluding carboxylic acids is 1. The average Bonchev–Trinajstić information content (AvgIpc) is 2.89. The molecule has 3 N–H and O–H groups in total. The van der Waals surface area contributed by atoms with Crippen LogP contribution in [0.4, 0.5) is 5.69 Å². The third-order valence-corrected chi connectivity index (χ3v) is 1.98. The van der Waals surface area contributed by atoms with E-state index in [1.54, 1.807) is 6.20 Å². The Morgan fingerprint density at radius 1 is 1.56 bits per heavy atom. The Bertz CT molecular complexity index is 460. The Hall–Kier alpha value is -2.18. The van der Waals surface area contributed by atoms with Crippen molar-refractivity contribution >= 4 is 11.6 Å². The van der Waals surface area contributed by atoms with Gasteiger partial charge in [0.1, 0.15) is 5.82 Å². The van der Waals surface area contributed by atoms with Crippen molar-refractivity contribution in [3.8, 4) is 0 Å². The zero-order chi connectivity index (χ0) is 11.4. The standard InChI is InChI=1S/C9H12N6O/c1-2-3-7-13-8(15-14-7)9(16)12-6-4-10-11-5-6/h4-5H,2-3H2,1H3,(H,10,11)(H,12,16)(H,13,14,15). The third-order valence-electron chi connectivity index (χ3n) is 1.98. The zero-order valence-corrected chi connectivity index (χ0v) is 8.82. The van der Waals surface area contributed by atoms with E-state index in [9.17, 15) is 4.79 Å². The van der Waals surface area contributed by atoms with Crippen LogP contribution in [0.5, 0.6) is 0 Å². The SMILES string of the molecule is CCCc1nc(C(=O)Nc2cn[nH]c2)n[nH]1. The summed E-state index contributed by atoms with van der Waals surface area (Å²) in [5.74, 6) is 0.518. The molecular weight excluding hydrogens is 208 g/mol. The molecule has 0 aliphatic rings. The van der Waals surface area contributed by atoms with Gasteiger partial charge < -0.3 is 5.32 Å². The predicted molar refractivity (Wildman–Crippen MR) is 56.9 cm³/mol. The van der Waals surface area contributed by atoms with Crippen molar-refractivity contribution < 1.29 is 4.79 Å².